The number of ether oxygens (including phenoxy) is 2. The van der Waals surface area contributed by atoms with Crippen LogP contribution in [0.15, 0.2) is 24.3 Å². The third-order valence-electron chi connectivity index (χ3n) is 2.68. The molecule has 102 valence electrons. The van der Waals surface area contributed by atoms with E-state index in [0.29, 0.717) is 0 Å². The van der Waals surface area contributed by atoms with Crippen LogP contribution < -0.4 is 14.8 Å². The van der Waals surface area contributed by atoms with Crippen LogP contribution in [0.5, 0.6) is 11.5 Å². The fourth-order valence-electron chi connectivity index (χ4n) is 1.63. The molecule has 0 saturated heterocycles. The molecule has 1 aromatic carbocycles. The van der Waals surface area contributed by atoms with Gasteiger partial charge < -0.3 is 14.8 Å². The van der Waals surface area contributed by atoms with Gasteiger partial charge in [-0.25, -0.2) is 0 Å². The van der Waals surface area contributed by atoms with E-state index < -0.39 is 0 Å². The number of rotatable bonds is 9. The Kier molecular flexibility index (Phi) is 7.26. The first-order valence-corrected chi connectivity index (χ1v) is 6.90. The summed E-state index contributed by atoms with van der Waals surface area (Å²) in [5, 5.41) is 3.32. The van der Waals surface area contributed by atoms with Gasteiger partial charge in [-0.2, -0.15) is 0 Å². The normalized spacial score (nSPS) is 12.2. The third-order valence-corrected chi connectivity index (χ3v) is 2.68. The van der Waals surface area contributed by atoms with Crippen LogP contribution in [-0.4, -0.2) is 25.8 Å². The van der Waals surface area contributed by atoms with E-state index in [1.807, 2.05) is 24.3 Å². The Balaban J connectivity index is 2.63. The van der Waals surface area contributed by atoms with Gasteiger partial charge in [0.2, 0.25) is 0 Å². The van der Waals surface area contributed by atoms with Crippen molar-refractivity contribution >= 4 is 0 Å². The Morgan fingerprint density at radius 2 is 1.83 bits per heavy atom. The number of nitrogens with one attached hydrogen (secondary N) is 1. The van der Waals surface area contributed by atoms with E-state index in [1.165, 1.54) is 0 Å². The second-order valence-corrected chi connectivity index (χ2v) is 4.25. The highest BCUT2D eigenvalue weighted by molar-refractivity contribution is 5.39. The summed E-state index contributed by atoms with van der Waals surface area (Å²) >= 11 is 0. The molecule has 18 heavy (non-hydrogen) atoms. The van der Waals surface area contributed by atoms with Gasteiger partial charge in [0.15, 0.2) is 11.5 Å². The predicted octanol–water partition coefficient (Wildman–Crippen LogP) is 3.24. The Bertz CT molecular complexity index is 328. The molecule has 0 radical (unpaired) electrons. The Hall–Kier alpha value is -1.22. The lowest BCUT2D eigenvalue weighted by Crippen LogP contribution is -2.30. The molecular weight excluding hydrogens is 226 g/mol. The fraction of sp³-hybridized carbons (Fsp3) is 0.600. The number of hydrogen-bond acceptors (Lipinski definition) is 3. The summed E-state index contributed by atoms with van der Waals surface area (Å²) in [7, 11) is 0. The number of para-hydroxylation sites is 2. The van der Waals surface area contributed by atoms with Crippen molar-refractivity contribution in [3.63, 3.8) is 0 Å². The fourth-order valence-corrected chi connectivity index (χ4v) is 1.63. The molecular formula is C15H25NO2. The van der Waals surface area contributed by atoms with Crippen molar-refractivity contribution in [1.82, 2.24) is 5.32 Å². The van der Waals surface area contributed by atoms with Crippen LogP contribution in [0.4, 0.5) is 0 Å². The first-order valence-electron chi connectivity index (χ1n) is 6.90. The van der Waals surface area contributed by atoms with Crippen molar-refractivity contribution in [2.45, 2.75) is 39.7 Å². The second-order valence-electron chi connectivity index (χ2n) is 4.25. The predicted molar refractivity (Wildman–Crippen MR) is 75.5 cm³/mol. The summed E-state index contributed by atoms with van der Waals surface area (Å²) < 4.78 is 11.7. The number of benzene rings is 1. The van der Waals surface area contributed by atoms with Crippen LogP contribution in [0, 0.1) is 0 Å². The average Bonchev–Trinajstić information content (AvgIpc) is 2.42. The Labute approximate surface area is 110 Å². The number of likely N-dealkylation sites (N-methyl/N-ethyl adjacent to an activating group) is 1. The zero-order valence-electron chi connectivity index (χ0n) is 11.7. The summed E-state index contributed by atoms with van der Waals surface area (Å²) in [5.74, 6) is 1.69. The van der Waals surface area contributed by atoms with Gasteiger partial charge in [-0.3, -0.25) is 0 Å². The molecule has 3 nitrogen and oxygen atoms in total. The summed E-state index contributed by atoms with van der Waals surface area (Å²) in [4.78, 5) is 0. The minimum atomic E-state index is 0.191. The zero-order chi connectivity index (χ0) is 13.2. The molecule has 1 unspecified atom stereocenters. The van der Waals surface area contributed by atoms with Crippen LogP contribution >= 0.6 is 0 Å². The molecule has 1 aromatic rings. The van der Waals surface area contributed by atoms with Crippen molar-refractivity contribution in [3.05, 3.63) is 24.3 Å². The number of hydrogen-bond donors (Lipinski definition) is 1. The van der Waals surface area contributed by atoms with Gasteiger partial charge in [0.25, 0.3) is 0 Å². The van der Waals surface area contributed by atoms with E-state index in [0.717, 1.165) is 44.0 Å². The Morgan fingerprint density at radius 1 is 1.11 bits per heavy atom. The maximum atomic E-state index is 6.01. The highest BCUT2D eigenvalue weighted by Crippen LogP contribution is 2.27. The molecule has 3 heteroatoms. The van der Waals surface area contributed by atoms with Gasteiger partial charge in [-0.15, -0.1) is 0 Å². The lowest BCUT2D eigenvalue weighted by Gasteiger charge is -2.20. The molecule has 0 saturated carbocycles. The van der Waals surface area contributed by atoms with Crippen molar-refractivity contribution < 1.29 is 9.47 Å². The van der Waals surface area contributed by atoms with Gasteiger partial charge in [-0.05, 0) is 31.5 Å². The second kappa shape index (κ2) is 8.81. The summed E-state index contributed by atoms with van der Waals surface area (Å²) in [6.07, 6.45) is 2.18. The van der Waals surface area contributed by atoms with Crippen LogP contribution in [0.3, 0.4) is 0 Å². The van der Waals surface area contributed by atoms with E-state index in [1.54, 1.807) is 0 Å². The highest BCUT2D eigenvalue weighted by Gasteiger charge is 2.11. The van der Waals surface area contributed by atoms with Gasteiger partial charge in [-0.1, -0.05) is 32.9 Å². The smallest absolute Gasteiger partial charge is 0.161 e. The van der Waals surface area contributed by atoms with Crippen LogP contribution in [-0.2, 0) is 0 Å². The first-order chi connectivity index (χ1) is 8.81. The molecule has 0 fully saturated rings. The van der Waals surface area contributed by atoms with Crippen LogP contribution in [0.2, 0.25) is 0 Å². The van der Waals surface area contributed by atoms with E-state index in [9.17, 15) is 0 Å². The van der Waals surface area contributed by atoms with Crippen molar-refractivity contribution in [2.24, 2.45) is 0 Å². The molecule has 0 spiro atoms. The van der Waals surface area contributed by atoms with E-state index in [2.05, 4.69) is 26.1 Å². The van der Waals surface area contributed by atoms with E-state index in [4.69, 9.17) is 9.47 Å². The first kappa shape index (κ1) is 14.8. The zero-order valence-corrected chi connectivity index (χ0v) is 11.7. The maximum Gasteiger partial charge on any atom is 0.161 e. The minimum absolute atomic E-state index is 0.191. The van der Waals surface area contributed by atoms with Gasteiger partial charge in [0, 0.05) is 6.54 Å². The molecule has 0 aliphatic carbocycles. The van der Waals surface area contributed by atoms with Gasteiger partial charge in [0.1, 0.15) is 6.10 Å². The van der Waals surface area contributed by atoms with Gasteiger partial charge >= 0.3 is 0 Å². The largest absolute Gasteiger partial charge is 0.490 e. The SMILES string of the molecule is CCCOc1ccccc1OC(CC)CNCC. The molecule has 0 bridgehead atoms. The summed E-state index contributed by atoms with van der Waals surface area (Å²) in [6.45, 7) is 8.90. The molecule has 0 heterocycles. The summed E-state index contributed by atoms with van der Waals surface area (Å²) in [6, 6.07) is 7.89. The molecule has 0 amide bonds. The molecule has 0 aliphatic heterocycles. The standard InChI is InChI=1S/C15H25NO2/c1-4-11-17-14-9-7-8-10-15(14)18-13(5-2)12-16-6-3/h7-10,13,16H,4-6,11-12H2,1-3H3. The third kappa shape index (κ3) is 4.96. The quantitative estimate of drug-likeness (QED) is 0.731. The Morgan fingerprint density at radius 3 is 2.44 bits per heavy atom. The van der Waals surface area contributed by atoms with E-state index in [-0.39, 0.29) is 6.10 Å². The highest BCUT2D eigenvalue weighted by atomic mass is 16.5. The van der Waals surface area contributed by atoms with Gasteiger partial charge in [0.05, 0.1) is 6.61 Å². The topological polar surface area (TPSA) is 30.5 Å². The molecule has 1 rings (SSSR count). The van der Waals surface area contributed by atoms with Crippen LogP contribution in [0.25, 0.3) is 0 Å². The summed E-state index contributed by atoms with van der Waals surface area (Å²) in [5.41, 5.74) is 0. The lowest BCUT2D eigenvalue weighted by molar-refractivity contribution is 0.182. The van der Waals surface area contributed by atoms with Crippen molar-refractivity contribution in [3.8, 4) is 11.5 Å². The molecule has 1 atom stereocenters. The molecule has 0 aliphatic rings. The minimum Gasteiger partial charge on any atom is -0.490 e. The maximum absolute atomic E-state index is 6.01. The molecule has 0 aromatic heterocycles. The average molecular weight is 251 g/mol. The van der Waals surface area contributed by atoms with Crippen LogP contribution in [0.1, 0.15) is 33.6 Å². The van der Waals surface area contributed by atoms with E-state index >= 15 is 0 Å². The van der Waals surface area contributed by atoms with Crippen molar-refractivity contribution in [2.75, 3.05) is 19.7 Å². The van der Waals surface area contributed by atoms with Crippen molar-refractivity contribution in [1.29, 1.82) is 0 Å². The lowest BCUT2D eigenvalue weighted by atomic mass is 10.2. The molecule has 1 N–H and O–H groups in total. The monoisotopic (exact) mass is 251 g/mol.